The van der Waals surface area contributed by atoms with E-state index >= 15 is 4.39 Å². The second-order valence-corrected chi connectivity index (χ2v) is 11.5. The van der Waals surface area contributed by atoms with Gasteiger partial charge in [-0.15, -0.1) is 0 Å². The van der Waals surface area contributed by atoms with E-state index < -0.39 is 68.0 Å². The van der Waals surface area contributed by atoms with Crippen molar-refractivity contribution in [1.82, 2.24) is 14.4 Å². The molecule has 1 aromatic carbocycles. The number of aliphatic hydroxyl groups excluding tert-OH is 1. The minimum absolute atomic E-state index is 0.0725. The minimum atomic E-state index is -3.44. The number of alkyl halides is 1. The van der Waals surface area contributed by atoms with Crippen molar-refractivity contribution in [3.05, 3.63) is 63.2 Å². The third kappa shape index (κ3) is 7.31. The van der Waals surface area contributed by atoms with Crippen LogP contribution in [0.15, 0.2) is 46.1 Å². The number of carbonyl (C=O) groups excluding carboxylic acids is 1. The van der Waals surface area contributed by atoms with Gasteiger partial charge in [-0.05, 0) is 63.3 Å². The highest BCUT2D eigenvalue weighted by Gasteiger charge is 2.55. The summed E-state index contributed by atoms with van der Waals surface area (Å²) in [4.78, 5) is 45.3. The summed E-state index contributed by atoms with van der Waals surface area (Å²) in [6.07, 6.45) is 0.376. The van der Waals surface area contributed by atoms with E-state index in [9.17, 15) is 28.4 Å². The normalized spacial score (nSPS) is 26.5. The molecule has 15 heteroatoms. The number of H-pyrrole nitrogens is 1. The molecule has 12 nitrogen and oxygen atoms in total. The average molecular weight is 602 g/mol. The summed E-state index contributed by atoms with van der Waals surface area (Å²) in [5.74, 6) is -1.13. The zero-order chi connectivity index (χ0) is 29.7. The van der Waals surface area contributed by atoms with Crippen LogP contribution in [-0.2, 0) is 23.4 Å². The van der Waals surface area contributed by atoms with E-state index in [1.54, 1.807) is 6.92 Å². The Morgan fingerprint density at radius 2 is 1.93 bits per heavy atom. The van der Waals surface area contributed by atoms with Crippen LogP contribution < -0.4 is 16.1 Å². The van der Waals surface area contributed by atoms with Crippen LogP contribution in [0.25, 0.3) is 0 Å². The van der Waals surface area contributed by atoms with E-state index in [2.05, 4.69) is 0 Å². The number of hydrogen-bond acceptors (Lipinski definition) is 9. The van der Waals surface area contributed by atoms with Crippen LogP contribution in [0.1, 0.15) is 58.6 Å². The first-order chi connectivity index (χ1) is 19.5. The molecule has 2 aromatic rings. The van der Waals surface area contributed by atoms with Crippen LogP contribution in [0.2, 0.25) is 0 Å². The SMILES string of the molecule is CCC(C(=O)OC1CCCCC1)N(Oc1ccc(F)cc1)[PH](=O)OC[C@H]1O[C@@H](n2ccc(=O)[nH]c2=O)[C@](C)(F)[C@@H]1O. The molecule has 0 amide bonds. The average Bonchev–Trinajstić information content (AvgIpc) is 3.16. The Bertz CT molecular complexity index is 1330. The van der Waals surface area contributed by atoms with Crippen molar-refractivity contribution in [2.75, 3.05) is 6.61 Å². The number of aromatic amines is 1. The fourth-order valence-electron chi connectivity index (χ4n) is 4.87. The lowest BCUT2D eigenvalue weighted by atomic mass is 9.98. The summed E-state index contributed by atoms with van der Waals surface area (Å²) in [6.45, 7) is 2.07. The fraction of sp³-hybridized carbons (Fsp3) is 0.577. The van der Waals surface area contributed by atoms with E-state index in [0.717, 1.165) is 60.0 Å². The molecular weight excluding hydrogens is 567 g/mol. The minimum Gasteiger partial charge on any atom is -0.461 e. The largest absolute Gasteiger partial charge is 0.461 e. The highest BCUT2D eigenvalue weighted by atomic mass is 31.1. The lowest BCUT2D eigenvalue weighted by Gasteiger charge is -2.30. The quantitative estimate of drug-likeness (QED) is 0.224. The zero-order valence-electron chi connectivity index (χ0n) is 22.7. The van der Waals surface area contributed by atoms with Gasteiger partial charge in [0.2, 0.25) is 0 Å². The second-order valence-electron chi connectivity index (χ2n) is 10.2. The number of rotatable bonds is 11. The van der Waals surface area contributed by atoms with Crippen molar-refractivity contribution in [3.63, 3.8) is 0 Å². The Balaban J connectivity index is 1.50. The number of hydroxylamine groups is 1. The standard InChI is InChI=1S/C26H34F2N3O9P/c1-3-19(23(34)38-17-7-5-4-6-8-17)31(40-18-11-9-16(27)10-12-18)41(36)37-15-20-22(33)26(2,28)24(39-20)30-14-13-21(32)29-25(30)35/h9-14,17,19-20,22,24,33,41H,3-8,15H2,1-2H3,(H,29,32,35)/t19?,20-,22-,24-,26-/m1/s1. The zero-order valence-corrected chi connectivity index (χ0v) is 23.7. The third-order valence-electron chi connectivity index (χ3n) is 7.17. The highest BCUT2D eigenvalue weighted by Crippen LogP contribution is 2.42. The van der Waals surface area contributed by atoms with E-state index in [4.69, 9.17) is 18.8 Å². The molecule has 2 aliphatic rings. The molecule has 2 N–H and O–H groups in total. The molecule has 0 bridgehead atoms. The number of esters is 1. The molecule has 226 valence electrons. The molecule has 0 spiro atoms. The number of carbonyl (C=O) groups is 1. The first kappa shape index (κ1) is 31.0. The number of aromatic nitrogens is 2. The monoisotopic (exact) mass is 601 g/mol. The van der Waals surface area contributed by atoms with Crippen LogP contribution in [0.5, 0.6) is 5.75 Å². The van der Waals surface area contributed by atoms with Crippen molar-refractivity contribution in [3.8, 4) is 5.75 Å². The molecule has 1 saturated carbocycles. The fourth-order valence-corrected chi connectivity index (χ4v) is 6.03. The number of ether oxygens (including phenoxy) is 2. The van der Waals surface area contributed by atoms with Gasteiger partial charge in [0, 0.05) is 12.3 Å². The van der Waals surface area contributed by atoms with E-state index in [0.29, 0.717) is 12.8 Å². The summed E-state index contributed by atoms with van der Waals surface area (Å²) in [7, 11) is -3.44. The Morgan fingerprint density at radius 1 is 1.24 bits per heavy atom. The van der Waals surface area contributed by atoms with Crippen LogP contribution >= 0.6 is 8.18 Å². The van der Waals surface area contributed by atoms with Crippen molar-refractivity contribution in [1.29, 1.82) is 0 Å². The van der Waals surface area contributed by atoms with E-state index in [-0.39, 0.29) is 18.3 Å². The smallest absolute Gasteiger partial charge is 0.330 e. The lowest BCUT2D eigenvalue weighted by Crippen LogP contribution is -2.44. The van der Waals surface area contributed by atoms with Gasteiger partial charge in [-0.3, -0.25) is 23.7 Å². The number of aliphatic hydroxyl groups is 1. The molecule has 4 rings (SSSR count). The molecular formula is C26H34F2N3O9P. The van der Waals surface area contributed by atoms with Gasteiger partial charge < -0.3 is 23.9 Å². The van der Waals surface area contributed by atoms with E-state index in [1.807, 2.05) is 4.98 Å². The molecule has 2 heterocycles. The molecule has 1 saturated heterocycles. The summed E-state index contributed by atoms with van der Waals surface area (Å²) in [6, 6.07) is 4.63. The van der Waals surface area contributed by atoms with Crippen LogP contribution in [0, 0.1) is 5.82 Å². The maximum Gasteiger partial charge on any atom is 0.330 e. The number of hydrogen-bond donors (Lipinski definition) is 2. The molecule has 1 aromatic heterocycles. The van der Waals surface area contributed by atoms with Crippen molar-refractivity contribution >= 4 is 14.1 Å². The highest BCUT2D eigenvalue weighted by molar-refractivity contribution is 7.36. The Morgan fingerprint density at radius 3 is 2.56 bits per heavy atom. The van der Waals surface area contributed by atoms with Crippen LogP contribution in [0.3, 0.4) is 0 Å². The molecule has 6 atom stereocenters. The Hall–Kier alpha value is -2.90. The van der Waals surface area contributed by atoms with Gasteiger partial charge in [-0.1, -0.05) is 18.2 Å². The summed E-state index contributed by atoms with van der Waals surface area (Å²) in [5, 5.41) is 10.6. The lowest BCUT2D eigenvalue weighted by molar-refractivity contribution is -0.163. The Labute approximate surface area is 235 Å². The van der Waals surface area contributed by atoms with Crippen molar-refractivity contribution in [2.24, 2.45) is 0 Å². The number of halogens is 2. The second kappa shape index (κ2) is 13.4. The van der Waals surface area contributed by atoms with Gasteiger partial charge >= 0.3 is 11.7 Å². The number of nitrogens with one attached hydrogen (secondary N) is 1. The van der Waals surface area contributed by atoms with Gasteiger partial charge in [0.25, 0.3) is 13.7 Å². The van der Waals surface area contributed by atoms with Gasteiger partial charge in [0.1, 0.15) is 29.9 Å². The molecule has 2 fully saturated rings. The summed E-state index contributed by atoms with van der Waals surface area (Å²) in [5.41, 5.74) is -4.14. The summed E-state index contributed by atoms with van der Waals surface area (Å²) >= 11 is 0. The first-order valence-corrected chi connectivity index (χ1v) is 14.7. The topological polar surface area (TPSA) is 149 Å². The molecule has 41 heavy (non-hydrogen) atoms. The molecule has 1 aliphatic carbocycles. The van der Waals surface area contributed by atoms with Crippen molar-refractivity contribution in [2.45, 2.75) is 88.6 Å². The van der Waals surface area contributed by atoms with Gasteiger partial charge in [-0.2, -0.15) is 0 Å². The third-order valence-corrected chi connectivity index (χ3v) is 8.34. The van der Waals surface area contributed by atoms with Crippen LogP contribution in [-0.4, -0.2) is 62.1 Å². The van der Waals surface area contributed by atoms with Crippen molar-refractivity contribution < 1.29 is 42.1 Å². The van der Waals surface area contributed by atoms with Gasteiger partial charge in [-0.25, -0.2) is 13.6 Å². The molecule has 2 unspecified atom stereocenters. The maximum absolute atomic E-state index is 15.5. The van der Waals surface area contributed by atoms with Gasteiger partial charge in [0.15, 0.2) is 17.9 Å². The summed E-state index contributed by atoms with van der Waals surface area (Å²) < 4.78 is 59.9. The van der Waals surface area contributed by atoms with E-state index in [1.165, 1.54) is 12.1 Å². The number of benzene rings is 1. The predicted octanol–water partition coefficient (Wildman–Crippen LogP) is 3.02. The van der Waals surface area contributed by atoms with Crippen LogP contribution in [0.4, 0.5) is 8.78 Å². The number of nitrogens with zero attached hydrogens (tertiary/aromatic N) is 2. The molecule has 0 radical (unpaired) electrons. The Kier molecular flexibility index (Phi) is 10.1. The maximum atomic E-state index is 15.5. The van der Waals surface area contributed by atoms with Gasteiger partial charge in [0.05, 0.1) is 6.61 Å². The predicted molar refractivity (Wildman–Crippen MR) is 142 cm³/mol. The first-order valence-electron chi connectivity index (χ1n) is 13.4. The molecule has 1 aliphatic heterocycles.